The first-order chi connectivity index (χ1) is 22.4. The number of hydrogen-bond acceptors (Lipinski definition) is 8. The van der Waals surface area contributed by atoms with Crippen molar-refractivity contribution in [3.63, 3.8) is 0 Å². The highest BCUT2D eigenvalue weighted by Crippen LogP contribution is 2.23. The molecule has 2 aliphatic heterocycles. The topological polar surface area (TPSA) is 138 Å². The number of para-hydroxylation sites is 1. The number of carbonyl (C=O) groups is 3. The van der Waals surface area contributed by atoms with E-state index in [0.29, 0.717) is 68.6 Å². The molecular formula is C34H39N9O3. The molecule has 0 bridgehead atoms. The van der Waals surface area contributed by atoms with E-state index in [0.717, 1.165) is 24.1 Å². The second-order valence-corrected chi connectivity index (χ2v) is 11.8. The van der Waals surface area contributed by atoms with Crippen molar-refractivity contribution in [2.75, 3.05) is 25.0 Å². The van der Waals surface area contributed by atoms with Crippen LogP contribution in [0.25, 0.3) is 0 Å². The summed E-state index contributed by atoms with van der Waals surface area (Å²) >= 11 is 0. The lowest BCUT2D eigenvalue weighted by Crippen LogP contribution is -2.53. The summed E-state index contributed by atoms with van der Waals surface area (Å²) in [6.45, 7) is 3.41. The highest BCUT2D eigenvalue weighted by atomic mass is 16.2. The van der Waals surface area contributed by atoms with E-state index >= 15 is 0 Å². The summed E-state index contributed by atoms with van der Waals surface area (Å²) < 4.78 is 1.79. The van der Waals surface area contributed by atoms with Gasteiger partial charge in [0.15, 0.2) is 0 Å². The predicted molar refractivity (Wildman–Crippen MR) is 172 cm³/mol. The van der Waals surface area contributed by atoms with Crippen LogP contribution in [0.1, 0.15) is 65.7 Å². The highest BCUT2D eigenvalue weighted by molar-refractivity contribution is 5.94. The zero-order chi connectivity index (χ0) is 31.9. The first-order valence-electron chi connectivity index (χ1n) is 15.9. The first kappa shape index (κ1) is 30.9. The molecule has 238 valence electrons. The fraction of sp³-hybridized carbons (Fsp3) is 0.382. The van der Waals surface area contributed by atoms with Crippen LogP contribution in [0.4, 0.5) is 11.6 Å². The van der Waals surface area contributed by atoms with Crippen molar-refractivity contribution in [3.8, 4) is 0 Å². The fourth-order valence-corrected chi connectivity index (χ4v) is 6.15. The Bertz CT molecular complexity index is 1640. The number of nitrogens with one attached hydrogen (secondary N) is 2. The van der Waals surface area contributed by atoms with E-state index in [-0.39, 0.29) is 24.1 Å². The van der Waals surface area contributed by atoms with Gasteiger partial charge in [0, 0.05) is 44.1 Å². The minimum atomic E-state index is -0.544. The Balaban J connectivity index is 1.28. The van der Waals surface area contributed by atoms with Crippen molar-refractivity contribution < 1.29 is 14.4 Å². The molecule has 0 unspecified atom stereocenters. The molecule has 0 saturated carbocycles. The predicted octanol–water partition coefficient (Wildman–Crippen LogP) is 3.84. The van der Waals surface area contributed by atoms with Crippen molar-refractivity contribution in [1.29, 1.82) is 0 Å². The van der Waals surface area contributed by atoms with Crippen LogP contribution in [0.3, 0.4) is 0 Å². The molecule has 2 N–H and O–H groups in total. The lowest BCUT2D eigenvalue weighted by atomic mass is 9.99. The number of carbonyl (C=O) groups excluding carboxylic acids is 3. The molecule has 6 rings (SSSR count). The van der Waals surface area contributed by atoms with E-state index in [2.05, 4.69) is 25.7 Å². The van der Waals surface area contributed by atoms with Gasteiger partial charge >= 0.3 is 0 Å². The molecule has 0 radical (unpaired) electrons. The Hall–Kier alpha value is -5.13. The Morgan fingerprint density at radius 2 is 1.65 bits per heavy atom. The molecular weight excluding hydrogens is 582 g/mol. The molecule has 12 nitrogen and oxygen atoms in total. The minimum absolute atomic E-state index is 0.0670. The summed E-state index contributed by atoms with van der Waals surface area (Å²) in [7, 11) is 0. The maximum absolute atomic E-state index is 13.8. The average molecular weight is 622 g/mol. The number of rotatable bonds is 5. The third-order valence-corrected chi connectivity index (χ3v) is 8.46. The molecule has 4 heterocycles. The van der Waals surface area contributed by atoms with Crippen molar-refractivity contribution in [2.45, 2.75) is 64.1 Å². The second kappa shape index (κ2) is 14.3. The Morgan fingerprint density at radius 3 is 2.41 bits per heavy atom. The third-order valence-electron chi connectivity index (χ3n) is 8.46. The summed E-state index contributed by atoms with van der Waals surface area (Å²) in [5.41, 5.74) is 2.24. The second-order valence-electron chi connectivity index (χ2n) is 11.8. The maximum atomic E-state index is 13.8. The SMILES string of the molecule is Cc1nc2n(n1)CCN(C(=O)c1cnc(Nc3ccccc3)nc1)CCCC(=O)N1CCCC[C@H]1C(=O)N[C@@H]2Cc1ccccc1. The van der Waals surface area contributed by atoms with Gasteiger partial charge in [0.2, 0.25) is 17.8 Å². The normalized spacial score (nSPS) is 19.4. The van der Waals surface area contributed by atoms with E-state index in [1.165, 1.54) is 12.4 Å². The molecule has 2 aromatic heterocycles. The monoisotopic (exact) mass is 621 g/mol. The molecule has 2 aliphatic rings. The smallest absolute Gasteiger partial charge is 0.257 e. The highest BCUT2D eigenvalue weighted by Gasteiger charge is 2.34. The fourth-order valence-electron chi connectivity index (χ4n) is 6.15. The number of fused-ring (bicyclic) bond motifs is 2. The quantitative estimate of drug-likeness (QED) is 0.343. The molecule has 4 aromatic rings. The molecule has 2 aromatic carbocycles. The van der Waals surface area contributed by atoms with Gasteiger partial charge < -0.3 is 20.4 Å². The molecule has 0 spiro atoms. The third kappa shape index (κ3) is 7.39. The van der Waals surface area contributed by atoms with Crippen LogP contribution in [-0.2, 0) is 22.6 Å². The number of aromatic nitrogens is 5. The van der Waals surface area contributed by atoms with Crippen LogP contribution in [0.15, 0.2) is 73.1 Å². The van der Waals surface area contributed by atoms with Crippen molar-refractivity contribution in [2.24, 2.45) is 0 Å². The summed E-state index contributed by atoms with van der Waals surface area (Å²) in [6.07, 6.45) is 6.60. The minimum Gasteiger partial charge on any atom is -0.344 e. The summed E-state index contributed by atoms with van der Waals surface area (Å²) in [6, 6.07) is 18.5. The van der Waals surface area contributed by atoms with Gasteiger partial charge in [0.05, 0.1) is 18.2 Å². The van der Waals surface area contributed by atoms with Crippen LogP contribution < -0.4 is 10.6 Å². The number of anilines is 2. The van der Waals surface area contributed by atoms with E-state index in [9.17, 15) is 14.4 Å². The molecule has 1 saturated heterocycles. The van der Waals surface area contributed by atoms with Gasteiger partial charge in [-0.15, -0.1) is 0 Å². The van der Waals surface area contributed by atoms with E-state index in [1.54, 1.807) is 14.5 Å². The van der Waals surface area contributed by atoms with Crippen LogP contribution in [0.2, 0.25) is 0 Å². The summed E-state index contributed by atoms with van der Waals surface area (Å²) in [5, 5.41) is 11.0. The first-order valence-corrected chi connectivity index (χ1v) is 15.9. The van der Waals surface area contributed by atoms with Crippen LogP contribution in [-0.4, -0.2) is 77.9 Å². The van der Waals surface area contributed by atoms with Gasteiger partial charge in [-0.2, -0.15) is 5.10 Å². The average Bonchev–Trinajstić information content (AvgIpc) is 3.46. The lowest BCUT2D eigenvalue weighted by molar-refractivity contribution is -0.142. The standard InChI is InChI=1S/C34H39N9O3/c1-24-37-31-28(21-25-11-4-2-5-12-25)39-32(45)29-15-8-9-18-42(29)30(44)16-10-17-41(19-20-43(31)40-24)33(46)26-22-35-34(36-23-26)38-27-13-6-3-7-14-27/h2-7,11-14,22-23,28-29H,8-10,15-21H2,1H3,(H,39,45)(H,35,36,38)/t28-,29+/m1/s1. The van der Waals surface area contributed by atoms with Gasteiger partial charge in [-0.05, 0) is 56.7 Å². The van der Waals surface area contributed by atoms with Crippen molar-refractivity contribution >= 4 is 29.4 Å². The van der Waals surface area contributed by atoms with Gasteiger partial charge in [-0.1, -0.05) is 48.5 Å². The van der Waals surface area contributed by atoms with Crippen molar-refractivity contribution in [3.05, 3.63) is 95.8 Å². The number of hydrogen-bond donors (Lipinski definition) is 2. The number of amides is 3. The molecule has 2 atom stereocenters. The summed E-state index contributed by atoms with van der Waals surface area (Å²) in [4.78, 5) is 58.0. The van der Waals surface area contributed by atoms with Gasteiger partial charge in [0.25, 0.3) is 5.91 Å². The Labute approximate surface area is 268 Å². The molecule has 0 aliphatic carbocycles. The van der Waals surface area contributed by atoms with Gasteiger partial charge in [0.1, 0.15) is 17.7 Å². The molecule has 12 heteroatoms. The number of piperidine rings is 1. The van der Waals surface area contributed by atoms with Gasteiger partial charge in [-0.25, -0.2) is 19.6 Å². The van der Waals surface area contributed by atoms with Crippen LogP contribution >= 0.6 is 0 Å². The Morgan fingerprint density at radius 1 is 0.913 bits per heavy atom. The molecule has 1 fully saturated rings. The summed E-state index contributed by atoms with van der Waals surface area (Å²) in [5.74, 6) is 1.12. The number of benzene rings is 2. The number of nitrogens with zero attached hydrogens (tertiary/aromatic N) is 7. The Kier molecular flexibility index (Phi) is 9.61. The number of aryl methyl sites for hydroxylation is 1. The van der Waals surface area contributed by atoms with Gasteiger partial charge in [-0.3, -0.25) is 14.4 Å². The lowest BCUT2D eigenvalue weighted by Gasteiger charge is -2.36. The van der Waals surface area contributed by atoms with Crippen LogP contribution in [0, 0.1) is 6.92 Å². The largest absolute Gasteiger partial charge is 0.344 e. The van der Waals surface area contributed by atoms with E-state index in [4.69, 9.17) is 4.98 Å². The van der Waals surface area contributed by atoms with E-state index in [1.807, 2.05) is 67.6 Å². The molecule has 46 heavy (non-hydrogen) atoms. The van der Waals surface area contributed by atoms with Crippen LogP contribution in [0.5, 0.6) is 0 Å². The maximum Gasteiger partial charge on any atom is 0.257 e. The zero-order valence-corrected chi connectivity index (χ0v) is 26.0. The van der Waals surface area contributed by atoms with E-state index < -0.39 is 12.1 Å². The zero-order valence-electron chi connectivity index (χ0n) is 26.0. The molecule has 3 amide bonds. The van der Waals surface area contributed by atoms with Crippen molar-refractivity contribution in [1.82, 2.24) is 39.8 Å².